The molecule has 1 rings (SSSR count). The average molecular weight is 230 g/mol. The Kier molecular flexibility index (Phi) is 3.85. The minimum atomic E-state index is -3.78. The van der Waals surface area contributed by atoms with Crippen molar-refractivity contribution in [3.8, 4) is 0 Å². The van der Waals surface area contributed by atoms with E-state index in [1.54, 1.807) is 19.1 Å². The summed E-state index contributed by atoms with van der Waals surface area (Å²) in [4.78, 5) is 0.0639. The van der Waals surface area contributed by atoms with Crippen LogP contribution in [0.15, 0.2) is 29.2 Å². The topological polar surface area (TPSA) is 34.1 Å². The van der Waals surface area contributed by atoms with Gasteiger partial charge in [0.15, 0.2) is 0 Å². The van der Waals surface area contributed by atoms with Gasteiger partial charge in [-0.05, 0) is 25.5 Å². The van der Waals surface area contributed by atoms with Gasteiger partial charge in [-0.2, -0.15) is 0 Å². The molecule has 0 saturated carbocycles. The highest BCUT2D eigenvalue weighted by Gasteiger charge is 2.25. The van der Waals surface area contributed by atoms with E-state index in [4.69, 9.17) is 0 Å². The molecule has 0 bridgehead atoms. The van der Waals surface area contributed by atoms with Gasteiger partial charge in [-0.1, -0.05) is 31.0 Å². The molecule has 4 heteroatoms. The highest BCUT2D eigenvalue weighted by Crippen LogP contribution is 2.20. The second-order valence-electron chi connectivity index (χ2n) is 3.56. The lowest BCUT2D eigenvalue weighted by Crippen LogP contribution is -2.16. The molecule has 2 nitrogen and oxygen atoms in total. The van der Waals surface area contributed by atoms with Crippen molar-refractivity contribution in [1.29, 1.82) is 0 Å². The Hall–Kier alpha value is -0.900. The highest BCUT2D eigenvalue weighted by molar-refractivity contribution is 7.91. The monoisotopic (exact) mass is 230 g/mol. The lowest BCUT2D eigenvalue weighted by atomic mass is 10.2. The molecule has 0 aliphatic carbocycles. The predicted octanol–water partition coefficient (Wildman–Crippen LogP) is 2.86. The number of rotatable bonds is 4. The van der Waals surface area contributed by atoms with Crippen LogP contribution in [0.1, 0.15) is 25.3 Å². The van der Waals surface area contributed by atoms with Gasteiger partial charge in [-0.25, -0.2) is 12.8 Å². The Morgan fingerprint density at radius 3 is 2.27 bits per heavy atom. The van der Waals surface area contributed by atoms with E-state index in [0.717, 1.165) is 5.56 Å². The summed E-state index contributed by atoms with van der Waals surface area (Å²) in [6, 6.07) is 6.25. The zero-order valence-electron chi connectivity index (χ0n) is 8.90. The van der Waals surface area contributed by atoms with Crippen molar-refractivity contribution in [2.75, 3.05) is 0 Å². The van der Waals surface area contributed by atoms with Crippen molar-refractivity contribution in [1.82, 2.24) is 0 Å². The maximum absolute atomic E-state index is 13.4. The smallest absolute Gasteiger partial charge is 0.210 e. The van der Waals surface area contributed by atoms with Gasteiger partial charge in [0.2, 0.25) is 15.3 Å². The SMILES string of the molecule is CCCC(F)S(=O)(=O)c1ccc(C)cc1. The van der Waals surface area contributed by atoms with E-state index >= 15 is 0 Å². The summed E-state index contributed by atoms with van der Waals surface area (Å²) in [7, 11) is -3.78. The zero-order chi connectivity index (χ0) is 11.5. The first-order valence-corrected chi connectivity index (χ1v) is 6.47. The fraction of sp³-hybridized carbons (Fsp3) is 0.455. The summed E-state index contributed by atoms with van der Waals surface area (Å²) in [6.07, 6.45) is 0.572. The molecular weight excluding hydrogens is 215 g/mol. The zero-order valence-corrected chi connectivity index (χ0v) is 9.72. The van der Waals surface area contributed by atoms with Crippen LogP contribution in [-0.4, -0.2) is 13.9 Å². The Morgan fingerprint density at radius 1 is 1.27 bits per heavy atom. The van der Waals surface area contributed by atoms with Crippen LogP contribution >= 0.6 is 0 Å². The summed E-state index contributed by atoms with van der Waals surface area (Å²) in [5.74, 6) is 0. The van der Waals surface area contributed by atoms with Crippen LogP contribution in [-0.2, 0) is 9.84 Å². The van der Waals surface area contributed by atoms with Crippen molar-refractivity contribution < 1.29 is 12.8 Å². The second kappa shape index (κ2) is 4.75. The third kappa shape index (κ3) is 2.78. The fourth-order valence-corrected chi connectivity index (χ4v) is 2.61. The number of alkyl halides is 1. The van der Waals surface area contributed by atoms with Crippen LogP contribution in [0.4, 0.5) is 4.39 Å². The first-order chi connectivity index (χ1) is 6.98. The molecule has 0 amide bonds. The van der Waals surface area contributed by atoms with Gasteiger partial charge in [0, 0.05) is 0 Å². The molecule has 1 aromatic rings. The number of aryl methyl sites for hydroxylation is 1. The van der Waals surface area contributed by atoms with Crippen LogP contribution < -0.4 is 0 Å². The van der Waals surface area contributed by atoms with Gasteiger partial charge in [0.05, 0.1) is 4.90 Å². The molecule has 0 saturated heterocycles. The van der Waals surface area contributed by atoms with Gasteiger partial charge < -0.3 is 0 Å². The van der Waals surface area contributed by atoms with E-state index in [2.05, 4.69) is 0 Å². The molecule has 15 heavy (non-hydrogen) atoms. The number of hydrogen-bond donors (Lipinski definition) is 0. The summed E-state index contributed by atoms with van der Waals surface area (Å²) >= 11 is 0. The number of halogens is 1. The minimum Gasteiger partial charge on any atom is -0.230 e. The van der Waals surface area contributed by atoms with Crippen molar-refractivity contribution in [3.05, 3.63) is 29.8 Å². The lowest BCUT2D eigenvalue weighted by Gasteiger charge is -2.08. The van der Waals surface area contributed by atoms with Gasteiger partial charge >= 0.3 is 0 Å². The molecule has 0 fully saturated rings. The minimum absolute atomic E-state index is 0.0518. The molecule has 0 spiro atoms. The van der Waals surface area contributed by atoms with E-state index in [9.17, 15) is 12.8 Å². The first-order valence-electron chi connectivity index (χ1n) is 4.93. The largest absolute Gasteiger partial charge is 0.230 e. The van der Waals surface area contributed by atoms with Crippen molar-refractivity contribution >= 4 is 9.84 Å². The molecule has 0 aliphatic heterocycles. The number of hydrogen-bond acceptors (Lipinski definition) is 2. The van der Waals surface area contributed by atoms with Gasteiger partial charge in [0.25, 0.3) is 0 Å². The van der Waals surface area contributed by atoms with Crippen LogP contribution in [0, 0.1) is 6.92 Å². The molecular formula is C11H15FO2S. The Morgan fingerprint density at radius 2 is 1.80 bits per heavy atom. The predicted molar refractivity (Wildman–Crippen MR) is 58.2 cm³/mol. The van der Waals surface area contributed by atoms with E-state index in [0.29, 0.717) is 6.42 Å². The Labute approximate surface area is 90.0 Å². The molecule has 1 unspecified atom stereocenters. The summed E-state index contributed by atoms with van der Waals surface area (Å²) in [5.41, 5.74) is -0.829. The fourth-order valence-electron chi connectivity index (χ4n) is 1.26. The number of sulfone groups is 1. The number of benzene rings is 1. The maximum atomic E-state index is 13.4. The molecule has 0 radical (unpaired) electrons. The molecule has 1 atom stereocenters. The first kappa shape index (κ1) is 12.2. The molecule has 1 aromatic carbocycles. The van der Waals surface area contributed by atoms with Crippen LogP contribution in [0.25, 0.3) is 0 Å². The van der Waals surface area contributed by atoms with Crippen molar-refractivity contribution in [2.24, 2.45) is 0 Å². The normalized spacial score (nSPS) is 13.8. The van der Waals surface area contributed by atoms with Gasteiger partial charge in [0.1, 0.15) is 0 Å². The third-order valence-corrected chi connectivity index (χ3v) is 4.04. The van der Waals surface area contributed by atoms with E-state index < -0.39 is 15.3 Å². The average Bonchev–Trinajstić information content (AvgIpc) is 2.18. The molecule has 0 aliphatic rings. The lowest BCUT2D eigenvalue weighted by molar-refractivity contribution is 0.396. The summed E-state index contributed by atoms with van der Waals surface area (Å²) in [5, 5.41) is 0. The standard InChI is InChI=1S/C11H15FO2S/c1-3-4-11(12)15(13,14)10-7-5-9(2)6-8-10/h5-8,11H,3-4H2,1-2H3. The maximum Gasteiger partial charge on any atom is 0.210 e. The van der Waals surface area contributed by atoms with Crippen LogP contribution in [0.2, 0.25) is 0 Å². The second-order valence-corrected chi connectivity index (χ2v) is 5.63. The van der Waals surface area contributed by atoms with E-state index in [1.165, 1.54) is 12.1 Å². The van der Waals surface area contributed by atoms with Gasteiger partial charge in [-0.3, -0.25) is 0 Å². The van der Waals surface area contributed by atoms with Crippen LogP contribution in [0.3, 0.4) is 0 Å². The van der Waals surface area contributed by atoms with Crippen molar-refractivity contribution in [3.63, 3.8) is 0 Å². The molecule has 0 aromatic heterocycles. The highest BCUT2D eigenvalue weighted by atomic mass is 32.2. The molecule has 0 heterocycles. The molecule has 84 valence electrons. The summed E-state index contributed by atoms with van der Waals surface area (Å²) in [6.45, 7) is 3.62. The van der Waals surface area contributed by atoms with Crippen molar-refractivity contribution in [2.45, 2.75) is 37.1 Å². The Bertz CT molecular complexity index is 409. The third-order valence-electron chi connectivity index (χ3n) is 2.20. The van der Waals surface area contributed by atoms with Gasteiger partial charge in [-0.15, -0.1) is 0 Å². The quantitative estimate of drug-likeness (QED) is 0.797. The van der Waals surface area contributed by atoms with Crippen LogP contribution in [0.5, 0.6) is 0 Å². The Balaban J connectivity index is 3.01. The molecule has 0 N–H and O–H groups in total. The van der Waals surface area contributed by atoms with E-state index in [1.807, 2.05) is 6.92 Å². The van der Waals surface area contributed by atoms with E-state index in [-0.39, 0.29) is 11.3 Å². The summed E-state index contributed by atoms with van der Waals surface area (Å²) < 4.78 is 36.7.